The molecule has 9 N–H and O–H groups in total. The van der Waals surface area contributed by atoms with Gasteiger partial charge in [-0.2, -0.15) is 0 Å². The average molecular weight is 476 g/mol. The van der Waals surface area contributed by atoms with Gasteiger partial charge in [0.15, 0.2) is 0 Å². The summed E-state index contributed by atoms with van der Waals surface area (Å²) < 4.78 is 0. The van der Waals surface area contributed by atoms with Crippen LogP contribution in [0.5, 0.6) is 0 Å². The summed E-state index contributed by atoms with van der Waals surface area (Å²) in [6.07, 6.45) is -1.07. The van der Waals surface area contributed by atoms with Crippen LogP contribution >= 0.6 is 0 Å². The van der Waals surface area contributed by atoms with Crippen LogP contribution in [0.2, 0.25) is 0 Å². The third kappa shape index (κ3) is 11.2. The molecule has 0 bridgehead atoms. The van der Waals surface area contributed by atoms with Gasteiger partial charge in [-0.05, 0) is 18.8 Å². The third-order valence-corrected chi connectivity index (χ3v) is 4.88. The molecular weight excluding hydrogens is 444 g/mol. The van der Waals surface area contributed by atoms with E-state index in [-0.39, 0.29) is 19.3 Å². The fraction of sp³-hybridized carbons (Fsp3) is 0.684. The normalized spacial score (nSPS) is 15.3. The molecule has 5 atom stereocenters. The van der Waals surface area contributed by atoms with Crippen LogP contribution in [0, 0.1) is 5.92 Å². The van der Waals surface area contributed by atoms with Crippen molar-refractivity contribution in [3.63, 3.8) is 0 Å². The third-order valence-electron chi connectivity index (χ3n) is 4.88. The van der Waals surface area contributed by atoms with E-state index in [0.717, 1.165) is 0 Å². The molecule has 0 rings (SSSR count). The van der Waals surface area contributed by atoms with Gasteiger partial charge >= 0.3 is 17.9 Å². The lowest BCUT2D eigenvalue weighted by Gasteiger charge is -2.27. The molecule has 14 heteroatoms. The van der Waals surface area contributed by atoms with Gasteiger partial charge in [0.1, 0.15) is 18.1 Å². The number of nitrogens with two attached hydrogens (primary N) is 1. The highest BCUT2D eigenvalue weighted by Gasteiger charge is 2.32. The van der Waals surface area contributed by atoms with Crippen LogP contribution in [0.4, 0.5) is 0 Å². The summed E-state index contributed by atoms with van der Waals surface area (Å²) in [7, 11) is 0. The van der Waals surface area contributed by atoms with Crippen LogP contribution < -0.4 is 21.7 Å². The zero-order chi connectivity index (χ0) is 25.7. The topological polar surface area (TPSA) is 245 Å². The maximum atomic E-state index is 12.7. The molecule has 5 unspecified atom stereocenters. The Kier molecular flexibility index (Phi) is 13.3. The van der Waals surface area contributed by atoms with Gasteiger partial charge in [-0.15, -0.1) is 0 Å². The second kappa shape index (κ2) is 14.7. The van der Waals surface area contributed by atoms with E-state index in [2.05, 4.69) is 16.0 Å². The van der Waals surface area contributed by atoms with Crippen LogP contribution in [0.1, 0.15) is 46.0 Å². The van der Waals surface area contributed by atoms with Crippen molar-refractivity contribution in [3.05, 3.63) is 0 Å². The predicted molar refractivity (Wildman–Crippen MR) is 112 cm³/mol. The first-order valence-electron chi connectivity index (χ1n) is 10.3. The van der Waals surface area contributed by atoms with Gasteiger partial charge in [-0.25, -0.2) is 4.79 Å². The number of carbonyl (C=O) groups is 6. The Hall–Kier alpha value is -3.26. The molecular formula is C19H32N4O10. The van der Waals surface area contributed by atoms with E-state index < -0.39 is 78.7 Å². The van der Waals surface area contributed by atoms with Crippen molar-refractivity contribution < 1.29 is 49.2 Å². The molecule has 188 valence electrons. The number of hydrogen-bond acceptors (Lipinski definition) is 8. The molecule has 0 saturated carbocycles. The SMILES string of the molecule is CCC(C)C(NC(=O)C(CO)NC(=O)C(N)CCC(=O)O)C(=O)NC(CCC(=O)O)C(=O)O. The first kappa shape index (κ1) is 29.7. The molecule has 0 radical (unpaired) electrons. The molecule has 0 fully saturated rings. The monoisotopic (exact) mass is 476 g/mol. The molecule has 0 heterocycles. The summed E-state index contributed by atoms with van der Waals surface area (Å²) in [6.45, 7) is 2.46. The van der Waals surface area contributed by atoms with Gasteiger partial charge in [-0.3, -0.25) is 24.0 Å². The summed E-state index contributed by atoms with van der Waals surface area (Å²) in [5.74, 6) is -7.06. The standard InChI is InChI=1S/C19H32N4O10/c1-3-9(2)15(18(31)21-11(19(32)33)5-7-14(27)28)23-17(30)12(8-24)22-16(29)10(20)4-6-13(25)26/h9-12,15,24H,3-8,20H2,1-2H3,(H,21,31)(H,22,29)(H,23,30)(H,25,26)(H,27,28)(H,32,33). The summed E-state index contributed by atoms with van der Waals surface area (Å²) in [4.78, 5) is 70.0. The van der Waals surface area contributed by atoms with Crippen LogP contribution in [0.3, 0.4) is 0 Å². The molecule has 0 saturated heterocycles. The molecule has 0 aromatic rings. The molecule has 0 aliphatic carbocycles. The maximum Gasteiger partial charge on any atom is 0.326 e. The summed E-state index contributed by atoms with van der Waals surface area (Å²) in [6, 6.07) is -5.50. The van der Waals surface area contributed by atoms with Crippen molar-refractivity contribution in [2.24, 2.45) is 11.7 Å². The number of hydrogen-bond donors (Lipinski definition) is 8. The van der Waals surface area contributed by atoms with Crippen LogP contribution in [-0.4, -0.2) is 86.8 Å². The Morgan fingerprint density at radius 3 is 1.76 bits per heavy atom. The van der Waals surface area contributed by atoms with E-state index in [1.54, 1.807) is 13.8 Å². The lowest BCUT2D eigenvalue weighted by molar-refractivity contribution is -0.144. The van der Waals surface area contributed by atoms with E-state index >= 15 is 0 Å². The average Bonchev–Trinajstić information content (AvgIpc) is 2.75. The Balaban J connectivity index is 5.29. The predicted octanol–water partition coefficient (Wildman–Crippen LogP) is -2.38. The number of rotatable bonds is 16. The van der Waals surface area contributed by atoms with E-state index in [1.807, 2.05) is 0 Å². The van der Waals surface area contributed by atoms with E-state index in [1.165, 1.54) is 0 Å². The van der Waals surface area contributed by atoms with Gasteiger partial charge in [0, 0.05) is 12.8 Å². The molecule has 0 aliphatic rings. The van der Waals surface area contributed by atoms with Gasteiger partial charge in [0.25, 0.3) is 0 Å². The number of aliphatic hydroxyl groups is 1. The Morgan fingerprint density at radius 1 is 0.788 bits per heavy atom. The summed E-state index contributed by atoms with van der Waals surface area (Å²) >= 11 is 0. The minimum Gasteiger partial charge on any atom is -0.481 e. The molecule has 14 nitrogen and oxygen atoms in total. The van der Waals surface area contributed by atoms with Crippen molar-refractivity contribution in [1.29, 1.82) is 0 Å². The van der Waals surface area contributed by atoms with Crippen molar-refractivity contribution in [1.82, 2.24) is 16.0 Å². The zero-order valence-electron chi connectivity index (χ0n) is 18.4. The summed E-state index contributed by atoms with van der Waals surface area (Å²) in [5.41, 5.74) is 5.57. The van der Waals surface area contributed by atoms with E-state index in [9.17, 15) is 39.0 Å². The lowest BCUT2D eigenvalue weighted by Crippen LogP contribution is -2.59. The second-order valence-corrected chi connectivity index (χ2v) is 7.49. The highest BCUT2D eigenvalue weighted by molar-refractivity contribution is 5.94. The molecule has 0 aromatic heterocycles. The molecule has 0 spiro atoms. The Morgan fingerprint density at radius 2 is 1.30 bits per heavy atom. The number of carboxylic acid groups (broad SMARTS) is 3. The number of carboxylic acids is 3. The molecule has 33 heavy (non-hydrogen) atoms. The molecule has 0 aliphatic heterocycles. The van der Waals surface area contributed by atoms with E-state index in [0.29, 0.717) is 6.42 Å². The number of aliphatic carboxylic acids is 3. The Labute approximate surface area is 189 Å². The van der Waals surface area contributed by atoms with Crippen molar-refractivity contribution in [2.45, 2.75) is 70.1 Å². The largest absolute Gasteiger partial charge is 0.481 e. The fourth-order valence-electron chi connectivity index (χ4n) is 2.63. The Bertz CT molecular complexity index is 729. The van der Waals surface area contributed by atoms with Crippen LogP contribution in [0.25, 0.3) is 0 Å². The number of amides is 3. The minimum absolute atomic E-state index is 0.203. The summed E-state index contributed by atoms with van der Waals surface area (Å²) in [5, 5.41) is 42.8. The van der Waals surface area contributed by atoms with Crippen LogP contribution in [-0.2, 0) is 28.8 Å². The quantitative estimate of drug-likeness (QED) is 0.117. The molecule has 3 amide bonds. The second-order valence-electron chi connectivity index (χ2n) is 7.49. The number of nitrogens with one attached hydrogen (secondary N) is 3. The van der Waals surface area contributed by atoms with Gasteiger partial charge in [0.05, 0.1) is 12.6 Å². The smallest absolute Gasteiger partial charge is 0.326 e. The maximum absolute atomic E-state index is 12.7. The number of aliphatic hydroxyl groups excluding tert-OH is 1. The fourth-order valence-corrected chi connectivity index (χ4v) is 2.63. The number of carbonyl (C=O) groups excluding carboxylic acids is 3. The van der Waals surface area contributed by atoms with Gasteiger partial charge in [-0.1, -0.05) is 20.3 Å². The highest BCUT2D eigenvalue weighted by Crippen LogP contribution is 2.10. The lowest BCUT2D eigenvalue weighted by atomic mass is 9.97. The first-order valence-corrected chi connectivity index (χ1v) is 10.3. The molecule has 0 aromatic carbocycles. The van der Waals surface area contributed by atoms with Crippen molar-refractivity contribution >= 4 is 35.6 Å². The van der Waals surface area contributed by atoms with Crippen molar-refractivity contribution in [2.75, 3.05) is 6.61 Å². The zero-order valence-corrected chi connectivity index (χ0v) is 18.4. The van der Waals surface area contributed by atoms with Gasteiger partial charge < -0.3 is 42.1 Å². The van der Waals surface area contributed by atoms with Crippen LogP contribution in [0.15, 0.2) is 0 Å². The van der Waals surface area contributed by atoms with Crippen molar-refractivity contribution in [3.8, 4) is 0 Å². The first-order chi connectivity index (χ1) is 15.3. The van der Waals surface area contributed by atoms with E-state index in [4.69, 9.17) is 15.9 Å². The highest BCUT2D eigenvalue weighted by atomic mass is 16.4. The van der Waals surface area contributed by atoms with Gasteiger partial charge in [0.2, 0.25) is 17.7 Å². The minimum atomic E-state index is -1.50.